The molecule has 0 aromatic heterocycles. The molecule has 20 heavy (non-hydrogen) atoms. The van der Waals surface area contributed by atoms with Crippen molar-refractivity contribution in [1.29, 1.82) is 0 Å². The predicted molar refractivity (Wildman–Crippen MR) is 87.3 cm³/mol. The molecule has 106 valence electrons. The van der Waals surface area contributed by atoms with Crippen molar-refractivity contribution < 1.29 is 5.11 Å². The van der Waals surface area contributed by atoms with Gasteiger partial charge in [0.05, 0.1) is 6.10 Å². The molecule has 2 rings (SSSR count). The van der Waals surface area contributed by atoms with Crippen molar-refractivity contribution in [2.24, 2.45) is 0 Å². The summed E-state index contributed by atoms with van der Waals surface area (Å²) in [6.07, 6.45) is 1.30. The quantitative estimate of drug-likeness (QED) is 0.781. The van der Waals surface area contributed by atoms with Crippen LogP contribution in [-0.2, 0) is 12.8 Å². The van der Waals surface area contributed by atoms with Crippen molar-refractivity contribution in [3.05, 3.63) is 65.2 Å². The lowest BCUT2D eigenvalue weighted by Crippen LogP contribution is -2.01. The fraction of sp³-hybridized carbons (Fsp3) is 0.333. The molecule has 1 N–H and O–H groups in total. The first kappa shape index (κ1) is 15.1. The molecule has 1 nitrogen and oxygen atoms in total. The van der Waals surface area contributed by atoms with Crippen molar-refractivity contribution in [2.75, 3.05) is 5.75 Å². The van der Waals surface area contributed by atoms with Gasteiger partial charge in [0.15, 0.2) is 0 Å². The molecule has 0 aliphatic heterocycles. The molecule has 1 atom stereocenters. The van der Waals surface area contributed by atoms with Crippen molar-refractivity contribution in [3.63, 3.8) is 0 Å². The van der Waals surface area contributed by atoms with E-state index in [1.165, 1.54) is 16.0 Å². The van der Waals surface area contributed by atoms with E-state index in [-0.39, 0.29) is 0 Å². The Morgan fingerprint density at radius 1 is 0.900 bits per heavy atom. The second-order valence-electron chi connectivity index (χ2n) is 4.89. The highest BCUT2D eigenvalue weighted by molar-refractivity contribution is 7.99. The minimum atomic E-state index is -0.428. The van der Waals surface area contributed by atoms with E-state index in [0.29, 0.717) is 6.42 Å². The monoisotopic (exact) mass is 286 g/mol. The Bertz CT molecular complexity index is 516. The van der Waals surface area contributed by atoms with Crippen LogP contribution in [0, 0.1) is 0 Å². The number of aliphatic hydroxyl groups excluding tert-OH is 1. The fourth-order valence-electron chi connectivity index (χ4n) is 2.21. The van der Waals surface area contributed by atoms with Gasteiger partial charge in [-0.15, -0.1) is 11.8 Å². The van der Waals surface area contributed by atoms with Gasteiger partial charge in [0.25, 0.3) is 0 Å². The molecule has 0 saturated carbocycles. The van der Waals surface area contributed by atoms with Crippen LogP contribution in [0.2, 0.25) is 0 Å². The highest BCUT2D eigenvalue weighted by atomic mass is 32.2. The van der Waals surface area contributed by atoms with E-state index in [1.54, 1.807) is 0 Å². The Morgan fingerprint density at radius 3 is 2.05 bits per heavy atom. The van der Waals surface area contributed by atoms with E-state index < -0.39 is 6.10 Å². The van der Waals surface area contributed by atoms with E-state index in [2.05, 4.69) is 50.2 Å². The van der Waals surface area contributed by atoms with E-state index in [0.717, 1.165) is 17.7 Å². The summed E-state index contributed by atoms with van der Waals surface area (Å²) in [6.45, 7) is 4.30. The summed E-state index contributed by atoms with van der Waals surface area (Å²) in [5.74, 6) is 1.08. The summed E-state index contributed by atoms with van der Waals surface area (Å²) in [5.41, 5.74) is 3.51. The molecule has 1 unspecified atom stereocenters. The average molecular weight is 286 g/mol. The zero-order valence-electron chi connectivity index (χ0n) is 12.2. The summed E-state index contributed by atoms with van der Waals surface area (Å²) in [4.78, 5) is 1.26. The summed E-state index contributed by atoms with van der Waals surface area (Å²) in [7, 11) is 0. The molecule has 0 amide bonds. The number of thioether (sulfide) groups is 1. The van der Waals surface area contributed by atoms with E-state index in [1.807, 2.05) is 23.9 Å². The number of aryl methyl sites for hydroxylation is 1. The maximum Gasteiger partial charge on any atom is 0.0830 e. The average Bonchev–Trinajstić information content (AvgIpc) is 2.49. The normalized spacial score (nSPS) is 12.3. The van der Waals surface area contributed by atoms with Crippen LogP contribution in [0.3, 0.4) is 0 Å². The molecule has 2 aromatic carbocycles. The van der Waals surface area contributed by atoms with Gasteiger partial charge in [-0.3, -0.25) is 0 Å². The maximum absolute atomic E-state index is 10.3. The second kappa shape index (κ2) is 7.51. The highest BCUT2D eigenvalue weighted by Crippen LogP contribution is 2.23. The van der Waals surface area contributed by atoms with Gasteiger partial charge in [0, 0.05) is 11.3 Å². The van der Waals surface area contributed by atoms with Crippen LogP contribution in [0.1, 0.15) is 36.6 Å². The van der Waals surface area contributed by atoms with Crippen molar-refractivity contribution in [3.8, 4) is 0 Å². The molecule has 2 heteroatoms. The van der Waals surface area contributed by atoms with Gasteiger partial charge in [-0.25, -0.2) is 0 Å². The summed E-state index contributed by atoms with van der Waals surface area (Å²) in [5, 5.41) is 10.3. The molecule has 0 aliphatic rings. The summed E-state index contributed by atoms with van der Waals surface area (Å²) < 4.78 is 0. The second-order valence-corrected chi connectivity index (χ2v) is 6.23. The van der Waals surface area contributed by atoms with Gasteiger partial charge >= 0.3 is 0 Å². The van der Waals surface area contributed by atoms with Crippen LogP contribution in [-0.4, -0.2) is 10.9 Å². The zero-order valence-corrected chi connectivity index (χ0v) is 13.0. The SMILES string of the molecule is CCSc1ccc(C(O)Cc2ccc(CC)cc2)cc1. The lowest BCUT2D eigenvalue weighted by atomic mass is 10.0. The van der Waals surface area contributed by atoms with Crippen LogP contribution in [0.4, 0.5) is 0 Å². The largest absolute Gasteiger partial charge is 0.388 e. The third-order valence-electron chi connectivity index (χ3n) is 3.44. The topological polar surface area (TPSA) is 20.2 Å². The number of benzene rings is 2. The van der Waals surface area contributed by atoms with Crippen LogP contribution in [0.25, 0.3) is 0 Å². The third kappa shape index (κ3) is 4.12. The van der Waals surface area contributed by atoms with Gasteiger partial charge in [-0.1, -0.05) is 50.2 Å². The number of hydrogen-bond acceptors (Lipinski definition) is 2. The zero-order chi connectivity index (χ0) is 14.4. The van der Waals surface area contributed by atoms with Crippen LogP contribution in [0.15, 0.2) is 53.4 Å². The van der Waals surface area contributed by atoms with Crippen molar-refractivity contribution in [2.45, 2.75) is 37.7 Å². The molecule has 2 aromatic rings. The smallest absolute Gasteiger partial charge is 0.0830 e. The summed E-state index contributed by atoms with van der Waals surface area (Å²) in [6, 6.07) is 16.8. The van der Waals surface area contributed by atoms with Crippen LogP contribution in [0.5, 0.6) is 0 Å². The Labute approximate surface area is 126 Å². The first-order chi connectivity index (χ1) is 9.72. The minimum Gasteiger partial charge on any atom is -0.388 e. The van der Waals surface area contributed by atoms with Gasteiger partial charge in [0.1, 0.15) is 0 Å². The molecular weight excluding hydrogens is 264 g/mol. The molecule has 0 bridgehead atoms. The molecule has 0 spiro atoms. The molecule has 0 heterocycles. The molecule has 0 radical (unpaired) electrons. The number of aliphatic hydroxyl groups is 1. The standard InChI is InChI=1S/C18H22OS/c1-3-14-5-7-15(8-6-14)13-18(19)16-9-11-17(12-10-16)20-4-2/h5-12,18-19H,3-4,13H2,1-2H3. The Balaban J connectivity index is 2.01. The molecular formula is C18H22OS. The third-order valence-corrected chi connectivity index (χ3v) is 4.33. The minimum absolute atomic E-state index is 0.428. The maximum atomic E-state index is 10.3. The summed E-state index contributed by atoms with van der Waals surface area (Å²) >= 11 is 1.82. The fourth-order valence-corrected chi connectivity index (χ4v) is 2.87. The predicted octanol–water partition coefficient (Wildman–Crippen LogP) is 4.64. The number of hydrogen-bond donors (Lipinski definition) is 1. The Kier molecular flexibility index (Phi) is 5.69. The van der Waals surface area contributed by atoms with Gasteiger partial charge in [0.2, 0.25) is 0 Å². The van der Waals surface area contributed by atoms with Crippen LogP contribution < -0.4 is 0 Å². The lowest BCUT2D eigenvalue weighted by Gasteiger charge is -2.12. The van der Waals surface area contributed by atoms with E-state index in [9.17, 15) is 5.11 Å². The van der Waals surface area contributed by atoms with E-state index in [4.69, 9.17) is 0 Å². The first-order valence-electron chi connectivity index (χ1n) is 7.21. The van der Waals surface area contributed by atoms with Gasteiger partial charge < -0.3 is 5.11 Å². The van der Waals surface area contributed by atoms with Gasteiger partial charge in [-0.2, -0.15) is 0 Å². The van der Waals surface area contributed by atoms with Crippen LogP contribution >= 0.6 is 11.8 Å². The van der Waals surface area contributed by atoms with Crippen molar-refractivity contribution >= 4 is 11.8 Å². The Hall–Kier alpha value is -1.25. The molecule has 0 saturated heterocycles. The number of rotatable bonds is 6. The molecule has 0 fully saturated rings. The van der Waals surface area contributed by atoms with Crippen molar-refractivity contribution in [1.82, 2.24) is 0 Å². The highest BCUT2D eigenvalue weighted by Gasteiger charge is 2.08. The first-order valence-corrected chi connectivity index (χ1v) is 8.20. The molecule has 0 aliphatic carbocycles. The van der Waals surface area contributed by atoms with E-state index >= 15 is 0 Å². The lowest BCUT2D eigenvalue weighted by molar-refractivity contribution is 0.178. The van der Waals surface area contributed by atoms with Gasteiger partial charge in [-0.05, 0) is 41.0 Å². The Morgan fingerprint density at radius 2 is 1.50 bits per heavy atom.